The molecule has 4 rings (SSSR count). The third-order valence-electron chi connectivity index (χ3n) is 5.17. The molecule has 2 aromatic rings. The number of methoxy groups -OCH3 is 1. The third-order valence-corrected chi connectivity index (χ3v) is 5.17. The van der Waals surface area contributed by atoms with Gasteiger partial charge in [0.25, 0.3) is 11.8 Å². The highest BCUT2D eigenvalue weighted by Crippen LogP contribution is 2.36. The van der Waals surface area contributed by atoms with Crippen LogP contribution < -0.4 is 19.5 Å². The minimum absolute atomic E-state index is 0.168. The molecule has 0 saturated carbocycles. The van der Waals surface area contributed by atoms with E-state index in [2.05, 4.69) is 12.2 Å². The van der Waals surface area contributed by atoms with Crippen molar-refractivity contribution in [3.63, 3.8) is 0 Å². The van der Waals surface area contributed by atoms with Crippen LogP contribution in [0.3, 0.4) is 0 Å². The summed E-state index contributed by atoms with van der Waals surface area (Å²) in [6.45, 7) is 2.65. The summed E-state index contributed by atoms with van der Waals surface area (Å²) in [6.07, 6.45) is 2.75. The fourth-order valence-electron chi connectivity index (χ4n) is 3.56. The van der Waals surface area contributed by atoms with Crippen molar-refractivity contribution >= 4 is 23.1 Å². The molecule has 2 aromatic carbocycles. The molecule has 0 atom stereocenters. The van der Waals surface area contributed by atoms with Gasteiger partial charge in [0.2, 0.25) is 6.79 Å². The van der Waals surface area contributed by atoms with Crippen molar-refractivity contribution in [3.8, 4) is 17.2 Å². The maximum atomic E-state index is 13.2. The number of fused-ring (bicyclic) bond motifs is 1. The number of nitrogens with one attached hydrogen (secondary N) is 1. The van der Waals surface area contributed by atoms with Gasteiger partial charge in [-0.25, -0.2) is 0 Å². The van der Waals surface area contributed by atoms with Crippen LogP contribution in [0.5, 0.6) is 17.2 Å². The van der Waals surface area contributed by atoms with Crippen molar-refractivity contribution in [3.05, 3.63) is 53.7 Å². The molecule has 2 aliphatic rings. The second-order valence-electron chi connectivity index (χ2n) is 7.14. The third kappa shape index (κ3) is 3.70. The van der Waals surface area contributed by atoms with Gasteiger partial charge in [0, 0.05) is 18.3 Å². The second kappa shape index (κ2) is 8.49. The zero-order valence-corrected chi connectivity index (χ0v) is 17.1. The molecule has 0 aromatic heterocycles. The first-order valence-corrected chi connectivity index (χ1v) is 10.0. The number of carbonyl (C=O) groups is 2. The summed E-state index contributed by atoms with van der Waals surface area (Å²) in [4.78, 5) is 27.7. The number of hydrogen-bond acceptors (Lipinski definition) is 6. The average Bonchev–Trinajstić information content (AvgIpc) is 3.32. The van der Waals surface area contributed by atoms with E-state index < -0.39 is 0 Å². The van der Waals surface area contributed by atoms with Crippen LogP contribution in [0.15, 0.2) is 48.2 Å². The van der Waals surface area contributed by atoms with Crippen LogP contribution in [0, 0.1) is 0 Å². The molecule has 0 unspecified atom stereocenters. The largest absolute Gasteiger partial charge is 0.497 e. The van der Waals surface area contributed by atoms with Crippen molar-refractivity contribution in [2.24, 2.45) is 0 Å². The van der Waals surface area contributed by atoms with Crippen molar-refractivity contribution in [2.45, 2.75) is 26.2 Å². The van der Waals surface area contributed by atoms with Gasteiger partial charge in [-0.1, -0.05) is 31.9 Å². The summed E-state index contributed by atoms with van der Waals surface area (Å²) in [6, 6.07) is 12.5. The fourth-order valence-corrected chi connectivity index (χ4v) is 3.56. The Labute approximate surface area is 175 Å². The molecule has 1 N–H and O–H groups in total. The molecule has 7 nitrogen and oxygen atoms in total. The lowest BCUT2D eigenvalue weighted by molar-refractivity contribution is -0.136. The number of nitrogens with zero attached hydrogens (tertiary/aromatic N) is 1. The smallest absolute Gasteiger partial charge is 0.278 e. The molecule has 0 bridgehead atoms. The highest BCUT2D eigenvalue weighted by atomic mass is 16.7. The number of hydrogen-bond donors (Lipinski definition) is 1. The Morgan fingerprint density at radius 3 is 2.50 bits per heavy atom. The second-order valence-corrected chi connectivity index (χ2v) is 7.14. The van der Waals surface area contributed by atoms with Gasteiger partial charge in [-0.05, 0) is 36.2 Å². The summed E-state index contributed by atoms with van der Waals surface area (Å²) in [5.74, 6) is 1.33. The van der Waals surface area contributed by atoms with Crippen molar-refractivity contribution in [1.29, 1.82) is 0 Å². The van der Waals surface area contributed by atoms with Gasteiger partial charge in [-0.2, -0.15) is 0 Å². The van der Waals surface area contributed by atoms with E-state index >= 15 is 0 Å². The van der Waals surface area contributed by atoms with E-state index in [0.717, 1.165) is 19.3 Å². The Kier molecular flexibility index (Phi) is 5.61. The van der Waals surface area contributed by atoms with Gasteiger partial charge in [0.05, 0.1) is 12.7 Å². The summed E-state index contributed by atoms with van der Waals surface area (Å²) < 4.78 is 16.0. The quantitative estimate of drug-likeness (QED) is 0.529. The average molecular weight is 408 g/mol. The molecule has 0 aliphatic carbocycles. The van der Waals surface area contributed by atoms with Crippen LogP contribution in [-0.2, 0) is 9.59 Å². The number of unbranched alkanes of at least 4 members (excludes halogenated alkanes) is 2. The first-order valence-electron chi connectivity index (χ1n) is 10.0. The number of amides is 2. The lowest BCUT2D eigenvalue weighted by atomic mass is 10.0. The van der Waals surface area contributed by atoms with E-state index in [4.69, 9.17) is 14.2 Å². The van der Waals surface area contributed by atoms with Crippen molar-refractivity contribution in [2.75, 3.05) is 25.8 Å². The SMILES string of the molecule is CCCCCN1C(=O)C(Nc2ccc3c(c2)OCO3)=C(c2ccc(OC)cc2)C1=O. The van der Waals surface area contributed by atoms with E-state index in [1.165, 1.54) is 4.90 Å². The van der Waals surface area contributed by atoms with Gasteiger partial charge in [-0.3, -0.25) is 14.5 Å². The zero-order chi connectivity index (χ0) is 21.1. The van der Waals surface area contributed by atoms with Crippen molar-refractivity contribution in [1.82, 2.24) is 4.90 Å². The lowest BCUT2D eigenvalue weighted by Crippen LogP contribution is -2.33. The Morgan fingerprint density at radius 1 is 1.00 bits per heavy atom. The van der Waals surface area contributed by atoms with Gasteiger partial charge in [0.15, 0.2) is 11.5 Å². The summed E-state index contributed by atoms with van der Waals surface area (Å²) in [7, 11) is 1.58. The summed E-state index contributed by atoms with van der Waals surface area (Å²) >= 11 is 0. The number of carbonyl (C=O) groups excluding carboxylic acids is 2. The van der Waals surface area contributed by atoms with E-state index in [0.29, 0.717) is 40.6 Å². The maximum Gasteiger partial charge on any atom is 0.278 e. The monoisotopic (exact) mass is 408 g/mol. The minimum atomic E-state index is -0.320. The minimum Gasteiger partial charge on any atom is -0.497 e. The molecule has 30 heavy (non-hydrogen) atoms. The molecule has 7 heteroatoms. The topological polar surface area (TPSA) is 77.1 Å². The van der Waals surface area contributed by atoms with Gasteiger partial charge in [0.1, 0.15) is 11.4 Å². The van der Waals surface area contributed by atoms with Crippen LogP contribution in [0.1, 0.15) is 31.7 Å². The Balaban J connectivity index is 1.69. The number of anilines is 1. The van der Waals surface area contributed by atoms with E-state index in [-0.39, 0.29) is 24.3 Å². The van der Waals surface area contributed by atoms with E-state index in [1.54, 1.807) is 49.6 Å². The molecular formula is C23H24N2O5. The molecule has 0 saturated heterocycles. The standard InChI is InChI=1S/C23H24N2O5/c1-3-4-5-12-25-22(26)20(15-6-9-17(28-2)10-7-15)21(23(25)27)24-16-8-11-18-19(13-16)30-14-29-18/h6-11,13,24H,3-5,12,14H2,1-2H3. The summed E-state index contributed by atoms with van der Waals surface area (Å²) in [5, 5.41) is 3.15. The maximum absolute atomic E-state index is 13.2. The van der Waals surface area contributed by atoms with Crippen LogP contribution in [0.2, 0.25) is 0 Å². The highest BCUT2D eigenvalue weighted by Gasteiger charge is 2.39. The first kappa shape index (κ1) is 19.8. The number of ether oxygens (including phenoxy) is 3. The lowest BCUT2D eigenvalue weighted by Gasteiger charge is -2.15. The molecule has 2 heterocycles. The highest BCUT2D eigenvalue weighted by molar-refractivity contribution is 6.36. The van der Waals surface area contributed by atoms with Crippen LogP contribution in [0.25, 0.3) is 5.57 Å². The molecule has 2 amide bonds. The molecule has 0 radical (unpaired) electrons. The zero-order valence-electron chi connectivity index (χ0n) is 17.1. The van der Waals surface area contributed by atoms with E-state index in [9.17, 15) is 9.59 Å². The molecule has 0 fully saturated rings. The van der Waals surface area contributed by atoms with Crippen LogP contribution >= 0.6 is 0 Å². The van der Waals surface area contributed by atoms with Gasteiger partial charge < -0.3 is 19.5 Å². The van der Waals surface area contributed by atoms with Crippen LogP contribution in [0.4, 0.5) is 5.69 Å². The van der Waals surface area contributed by atoms with Crippen LogP contribution in [-0.4, -0.2) is 37.2 Å². The molecule has 2 aliphatic heterocycles. The van der Waals surface area contributed by atoms with E-state index in [1.807, 2.05) is 0 Å². The first-order chi connectivity index (χ1) is 14.6. The van der Waals surface area contributed by atoms with Crippen molar-refractivity contribution < 1.29 is 23.8 Å². The predicted molar refractivity (Wildman–Crippen MR) is 112 cm³/mol. The van der Waals surface area contributed by atoms with Gasteiger partial charge >= 0.3 is 0 Å². The number of imide groups is 1. The normalized spacial score (nSPS) is 15.2. The molecule has 156 valence electrons. The predicted octanol–water partition coefficient (Wildman–Crippen LogP) is 3.81. The Bertz CT molecular complexity index is 997. The number of rotatable bonds is 8. The number of benzene rings is 2. The fraction of sp³-hybridized carbons (Fsp3) is 0.304. The van der Waals surface area contributed by atoms with Gasteiger partial charge in [-0.15, -0.1) is 0 Å². The Hall–Kier alpha value is -3.48. The summed E-state index contributed by atoms with van der Waals surface area (Å²) in [5.41, 5.74) is 1.93. The molecular weight excluding hydrogens is 384 g/mol. The Morgan fingerprint density at radius 2 is 1.77 bits per heavy atom. The molecule has 0 spiro atoms.